The molecule has 0 fully saturated rings. The van der Waals surface area contributed by atoms with Crippen molar-refractivity contribution < 1.29 is 99.6 Å². The fourth-order valence-electron chi connectivity index (χ4n) is 14.4. The summed E-state index contributed by atoms with van der Waals surface area (Å²) in [6.07, 6.45) is 15.9. The van der Waals surface area contributed by atoms with Crippen LogP contribution < -0.4 is 0 Å². The number of pyridine rings is 9. The fraction of sp³-hybridized carbons (Fsp3) is 0.0885. The normalized spacial score (nSPS) is 10.9. The molecule has 0 atom stereocenters. The Hall–Kier alpha value is -12.6. The van der Waals surface area contributed by atoms with Crippen molar-refractivity contribution in [3.63, 3.8) is 0 Å². The summed E-state index contributed by atoms with van der Waals surface area (Å²) in [6.45, 7) is 16.7. The number of rotatable bonds is 19. The monoisotopic (exact) mass is 2640 g/mol. The van der Waals surface area contributed by atoms with Crippen LogP contribution in [0.4, 0.5) is 0 Å². The fourth-order valence-corrected chi connectivity index (χ4v) is 18.0. The molecule has 3 N–H and O–H groups in total. The number of aryl methyl sites for hydroxylation is 2. The maximum absolute atomic E-state index is 11.7. The number of hydrogen-bond donors (Lipinski definition) is 3. The Morgan fingerprint density at radius 2 is 0.821 bits per heavy atom. The molecule has 11 heterocycles. The van der Waals surface area contributed by atoms with E-state index in [1.807, 2.05) is 293 Å². The predicted molar refractivity (Wildman–Crippen MR) is 545 cm³/mol. The summed E-state index contributed by atoms with van der Waals surface area (Å²) in [5.41, 5.74) is 16.1. The van der Waals surface area contributed by atoms with Crippen molar-refractivity contribution >= 4 is 70.4 Å². The Balaban J connectivity index is 0.000000160. The zero-order chi connectivity index (χ0) is 94.1. The topological polar surface area (TPSA) is 254 Å². The van der Waals surface area contributed by atoms with Gasteiger partial charge in [-0.3, -0.25) is 39.9 Å². The van der Waals surface area contributed by atoms with Crippen LogP contribution in [0.25, 0.3) is 135 Å². The van der Waals surface area contributed by atoms with Gasteiger partial charge in [0.25, 0.3) is 0 Å². The van der Waals surface area contributed by atoms with Crippen LogP contribution in [0.5, 0.6) is 17.2 Å². The van der Waals surface area contributed by atoms with Gasteiger partial charge in [-0.2, -0.15) is 0 Å². The van der Waals surface area contributed by atoms with Crippen LogP contribution in [0.1, 0.15) is 63.8 Å². The van der Waals surface area contributed by atoms with E-state index in [0.717, 1.165) is 151 Å². The van der Waals surface area contributed by atoms with Crippen molar-refractivity contribution in [2.45, 2.75) is 111 Å². The minimum absolute atomic E-state index is 0. The molecule has 0 saturated carbocycles. The summed E-state index contributed by atoms with van der Waals surface area (Å²) in [5.74, 6) is 3.41. The van der Waals surface area contributed by atoms with Gasteiger partial charge in [0.2, 0.25) is 0 Å². The van der Waals surface area contributed by atoms with Gasteiger partial charge in [0.1, 0.15) is 26.6 Å². The van der Waals surface area contributed by atoms with Crippen molar-refractivity contribution in [1.29, 1.82) is 0 Å². The quantitative estimate of drug-likeness (QED) is 0.0502. The van der Waals surface area contributed by atoms with Gasteiger partial charge in [0.05, 0.1) is 43.6 Å². The summed E-state index contributed by atoms with van der Waals surface area (Å²) in [4.78, 5) is 71.8. The minimum Gasteiger partial charge on any atom is -0.789 e. The third-order valence-corrected chi connectivity index (χ3v) is 25.3. The molecule has 11 aromatic heterocycles. The third-order valence-electron chi connectivity index (χ3n) is 21.3. The molecule has 0 unspecified atom stereocenters. The average Bonchev–Trinajstić information content (AvgIpc) is 0.765. The first-order valence-electron chi connectivity index (χ1n) is 43.5. The van der Waals surface area contributed by atoms with Crippen LogP contribution in [0, 0.1) is 38.1 Å². The second-order valence-electron chi connectivity index (χ2n) is 33.2. The van der Waals surface area contributed by atoms with Crippen LogP contribution in [0.2, 0.25) is 0 Å². The molecule has 0 amide bonds. The first-order chi connectivity index (χ1) is 66.1. The van der Waals surface area contributed by atoms with E-state index in [9.17, 15) is 15.3 Å². The largest absolute Gasteiger partial charge is 2.00 e. The molecule has 704 valence electrons. The van der Waals surface area contributed by atoms with Crippen LogP contribution in [0.15, 0.2) is 404 Å². The van der Waals surface area contributed by atoms with Crippen LogP contribution >= 0.6 is 47.0 Å². The van der Waals surface area contributed by atoms with Crippen LogP contribution in [-0.2, 0) is 108 Å². The van der Waals surface area contributed by atoms with E-state index >= 15 is 0 Å². The molecule has 140 heavy (non-hydrogen) atoms. The van der Waals surface area contributed by atoms with E-state index in [1.165, 1.54) is 35.3 Å². The molecule has 20 aromatic rings. The van der Waals surface area contributed by atoms with E-state index in [-0.39, 0.29) is 112 Å². The van der Waals surface area contributed by atoms with Crippen LogP contribution in [0.3, 0.4) is 0 Å². The number of aromatic hydroxyl groups is 3. The minimum atomic E-state index is -0.291. The van der Waals surface area contributed by atoms with Gasteiger partial charge in [-0.1, -0.05) is 291 Å². The summed E-state index contributed by atoms with van der Waals surface area (Å²) >= 11 is 11.5. The van der Waals surface area contributed by atoms with Crippen molar-refractivity contribution in [3.8, 4) is 142 Å². The Morgan fingerprint density at radius 3 is 1.42 bits per heavy atom. The number of nitrogens with zero attached hydrogens (tertiary/aromatic N) is 15. The Kier molecular flexibility index (Phi) is 36.6. The van der Waals surface area contributed by atoms with Crippen molar-refractivity contribution in [2.75, 3.05) is 0 Å². The smallest absolute Gasteiger partial charge is 0.789 e. The summed E-state index contributed by atoms with van der Waals surface area (Å²) in [7, 11) is 0. The zero-order valence-corrected chi connectivity index (χ0v) is 89.6. The van der Waals surface area contributed by atoms with Gasteiger partial charge in [0, 0.05) is 128 Å². The number of aromatic nitrogens is 15. The number of phenolic OH excluding ortho intramolecular Hbond substituents is 3. The molecule has 0 radical (unpaired) electrons. The van der Waals surface area contributed by atoms with E-state index in [2.05, 4.69) is 130 Å². The van der Waals surface area contributed by atoms with E-state index in [0.29, 0.717) is 51.6 Å². The van der Waals surface area contributed by atoms with Crippen molar-refractivity contribution in [2.24, 2.45) is 0 Å². The van der Waals surface area contributed by atoms with Gasteiger partial charge in [-0.25, -0.2) is 34.8 Å². The molecule has 9 aromatic carbocycles. The first kappa shape index (κ1) is 105. The second kappa shape index (κ2) is 49.0. The molecule has 0 bridgehead atoms. The molecule has 0 aliphatic carbocycles. The second-order valence-corrected chi connectivity index (χ2v) is 37.8. The van der Waals surface area contributed by atoms with Crippen LogP contribution in [-0.4, -0.2) is 90.1 Å². The van der Waals surface area contributed by atoms with Crippen molar-refractivity contribution in [3.05, 3.63) is 406 Å². The number of phenols is 3. The van der Waals surface area contributed by atoms with E-state index < -0.39 is 0 Å². The number of hydrogen-bond acceptors (Lipinski definition) is 23. The number of fused-ring (bicyclic) bond motifs is 1. The molecule has 0 aliphatic rings. The van der Waals surface area contributed by atoms with Gasteiger partial charge >= 0.3 is 21.1 Å². The number of para-hydroxylation sites is 1. The molecular formula is C113H86N15O3Pt4S5-3. The van der Waals surface area contributed by atoms with Gasteiger partial charge in [-0.05, 0) is 178 Å². The standard InChI is InChI=1S/C39H36N5OS.C32H23N4OS.C21H14N3OS.C21H14N3S2.4Pt/c1-38(2,3)29-23-31(34(45)32(24-29)39(4,5)6)37-43-35(26-11-8-7-9-12-26)42-36(44-37)28-13-10-14-30(21-28)46-33-22-27(17-20-41-33)25-15-18-40-19-16-25;1-20-17-21(2)28(37)27(18-20)31-35-29(23-10-4-3-5-11-23)34-30(36-31)24-12-8-13-25(19-24)38-32-26-14-7-6-9-22(26)15-16-33-32;25-19-8-2-1-6-17(19)15-12-16(14-22-13-15)18-7-5-10-21(24-18)26-20-9-3-4-11-23-20;25-19-8-2-1-6-16(19)18-14-15(11-13-22-18)17-7-5-10-21(24-17)26-20-9-3-4-12-23-20;;;;/h7-20,22-24,45H,1-6H3;3-18,37H,1-2H3;1-11,13-14,25H;1-13,25H;;;;/q4*-1;;;;+2/p-1. The van der Waals surface area contributed by atoms with E-state index in [1.54, 1.807) is 67.3 Å². The van der Waals surface area contributed by atoms with Crippen molar-refractivity contribution in [1.82, 2.24) is 74.8 Å². The molecule has 0 saturated heterocycles. The molecule has 18 nitrogen and oxygen atoms in total. The first-order valence-corrected chi connectivity index (χ1v) is 47.1. The summed E-state index contributed by atoms with van der Waals surface area (Å²) < 4.78 is 0. The molecule has 0 aliphatic heterocycles. The van der Waals surface area contributed by atoms with Gasteiger partial charge < -0.3 is 32.9 Å². The SMILES string of the molecule is CC(C)(C)c1cc(-c2nc(-c3[c-]c(Sc4cc(-c5ccncc5)ccn4)ccc3)nc(-c3ccccc3)n2)c(O)c(C(C)(C)C)c1.Cc1cc(C)c(O)c(-c2nc(-c3[c-]c(Sc4nccc5ccccc45)ccc3)nc(-c3ccccc3)n2)c1.Oc1ccccc1-c1[c-]c(-c2cccc(Sc3ccccn3)n2)cnc1.[Pt+2].[Pt].[Pt].[Pt].[S-]c1ccccc1-c1[c-]c(-c2cccc(Sc3ccccn3)n2)ccn1. The summed E-state index contributed by atoms with van der Waals surface area (Å²) in [6, 6.07) is 111. The van der Waals surface area contributed by atoms with Gasteiger partial charge in [0.15, 0.2) is 23.3 Å². The molecular weight excluding hydrogens is 2560 g/mol. The Labute approximate surface area is 894 Å². The maximum Gasteiger partial charge on any atom is 2.00 e. The maximum atomic E-state index is 11.7. The number of benzene rings is 9. The van der Waals surface area contributed by atoms with Gasteiger partial charge in [-0.15, -0.1) is 83.4 Å². The molecule has 20 rings (SSSR count). The zero-order valence-electron chi connectivity index (χ0n) is 76.4. The average molecular weight is 2640 g/mol. The Bertz CT molecular complexity index is 7470. The summed E-state index contributed by atoms with van der Waals surface area (Å²) in [5, 5.41) is 40.2. The Morgan fingerprint density at radius 1 is 0.314 bits per heavy atom. The van der Waals surface area contributed by atoms with E-state index in [4.69, 9.17) is 47.5 Å². The third kappa shape index (κ3) is 26.9. The molecule has 27 heteroatoms. The predicted octanol–water partition coefficient (Wildman–Crippen LogP) is 27.2. The molecule has 0 spiro atoms.